The largest absolute Gasteiger partial charge is 0.376 e. The van der Waals surface area contributed by atoms with Crippen molar-refractivity contribution < 1.29 is 8.78 Å². The molecule has 0 radical (unpaired) electrons. The summed E-state index contributed by atoms with van der Waals surface area (Å²) in [7, 11) is 2.04. The van der Waals surface area contributed by atoms with Crippen LogP contribution in [0.3, 0.4) is 0 Å². The molecule has 0 spiro atoms. The molecule has 0 bridgehead atoms. The highest BCUT2D eigenvalue weighted by Crippen LogP contribution is 2.27. The molecule has 166 valence electrons. The van der Waals surface area contributed by atoms with Crippen LogP contribution in [0, 0.1) is 6.92 Å². The summed E-state index contributed by atoms with van der Waals surface area (Å²) in [5.41, 5.74) is 4.46. The summed E-state index contributed by atoms with van der Waals surface area (Å²) in [6, 6.07) is 5.80. The van der Waals surface area contributed by atoms with E-state index in [9.17, 15) is 8.78 Å². The molecule has 1 aliphatic heterocycles. The number of nitrogens with one attached hydrogen (secondary N) is 1. The van der Waals surface area contributed by atoms with Gasteiger partial charge in [-0.3, -0.25) is 0 Å². The summed E-state index contributed by atoms with van der Waals surface area (Å²) >= 11 is 0. The van der Waals surface area contributed by atoms with Crippen LogP contribution in [-0.4, -0.2) is 60.1 Å². The molecule has 0 amide bonds. The predicted octanol–water partition coefficient (Wildman–Crippen LogP) is 3.73. The Hall–Kier alpha value is -3.56. The van der Waals surface area contributed by atoms with E-state index in [4.69, 9.17) is 0 Å². The number of allylic oxidation sites excluding steroid dienone is 1. The first kappa shape index (κ1) is 20.3. The van der Waals surface area contributed by atoms with Crippen molar-refractivity contribution in [3.63, 3.8) is 0 Å². The van der Waals surface area contributed by atoms with Gasteiger partial charge in [0.1, 0.15) is 11.3 Å². The standard InChI is InChI=1S/C22H24F2N8/c1-13-4-5-15(11-30(13)3)27-22-25-10-19-16(8-9-32(19)29-22)17-6-7-18-21(28-17)31(12-20(23)24)14(2)26-18/h6-10,15,20H,1,4-5,11-12H2,2-3H3,(H,27,29). The minimum Gasteiger partial charge on any atom is -0.376 e. The van der Waals surface area contributed by atoms with Crippen molar-refractivity contribution in [3.05, 3.63) is 48.7 Å². The average Bonchev–Trinajstić information content (AvgIpc) is 3.31. The lowest BCUT2D eigenvalue weighted by molar-refractivity contribution is 0.127. The van der Waals surface area contributed by atoms with Crippen LogP contribution in [0.5, 0.6) is 0 Å². The molecule has 0 saturated carbocycles. The number of aromatic nitrogens is 6. The molecule has 8 nitrogen and oxygen atoms in total. The summed E-state index contributed by atoms with van der Waals surface area (Å²) in [5.74, 6) is 1.07. The van der Waals surface area contributed by atoms with Gasteiger partial charge in [-0.1, -0.05) is 6.58 Å². The number of anilines is 1. The van der Waals surface area contributed by atoms with Crippen molar-refractivity contribution in [3.8, 4) is 11.3 Å². The number of imidazole rings is 1. The Morgan fingerprint density at radius 1 is 1.25 bits per heavy atom. The number of nitrogens with zero attached hydrogens (tertiary/aromatic N) is 7. The first-order valence-corrected chi connectivity index (χ1v) is 10.5. The molecule has 4 aromatic heterocycles. The second-order valence-electron chi connectivity index (χ2n) is 8.17. The van der Waals surface area contributed by atoms with E-state index in [1.165, 1.54) is 4.57 Å². The normalized spacial score (nSPS) is 17.1. The number of pyridine rings is 1. The van der Waals surface area contributed by atoms with Crippen molar-refractivity contribution in [2.75, 3.05) is 18.9 Å². The van der Waals surface area contributed by atoms with Crippen LogP contribution in [0.2, 0.25) is 0 Å². The summed E-state index contributed by atoms with van der Waals surface area (Å²) < 4.78 is 29.3. The predicted molar refractivity (Wildman–Crippen MR) is 119 cm³/mol. The van der Waals surface area contributed by atoms with Gasteiger partial charge in [-0.25, -0.2) is 28.2 Å². The Bertz CT molecular complexity index is 1310. The molecular formula is C22H24F2N8. The van der Waals surface area contributed by atoms with Gasteiger partial charge in [0.05, 0.1) is 24.0 Å². The summed E-state index contributed by atoms with van der Waals surface area (Å²) in [5, 5.41) is 7.99. The molecule has 1 N–H and O–H groups in total. The summed E-state index contributed by atoms with van der Waals surface area (Å²) in [4.78, 5) is 15.6. The fourth-order valence-electron chi connectivity index (χ4n) is 4.19. The van der Waals surface area contributed by atoms with Crippen molar-refractivity contribution in [2.45, 2.75) is 38.8 Å². The van der Waals surface area contributed by atoms with Gasteiger partial charge >= 0.3 is 0 Å². The van der Waals surface area contributed by atoms with Gasteiger partial charge in [-0.05, 0) is 38.0 Å². The molecular weight excluding hydrogens is 414 g/mol. The molecule has 1 saturated heterocycles. The third-order valence-electron chi connectivity index (χ3n) is 5.95. The highest BCUT2D eigenvalue weighted by atomic mass is 19.3. The maximum Gasteiger partial charge on any atom is 0.256 e. The minimum atomic E-state index is -2.48. The Balaban J connectivity index is 1.45. The number of fused-ring (bicyclic) bond motifs is 2. The average molecular weight is 438 g/mol. The molecule has 5 rings (SSSR count). The van der Waals surface area contributed by atoms with E-state index in [0.29, 0.717) is 28.6 Å². The quantitative estimate of drug-likeness (QED) is 0.512. The van der Waals surface area contributed by atoms with Crippen molar-refractivity contribution >= 4 is 22.6 Å². The second kappa shape index (κ2) is 7.85. The van der Waals surface area contributed by atoms with Gasteiger partial charge in [0.2, 0.25) is 5.95 Å². The fraction of sp³-hybridized carbons (Fsp3) is 0.364. The smallest absolute Gasteiger partial charge is 0.256 e. The van der Waals surface area contributed by atoms with Gasteiger partial charge in [0, 0.05) is 37.1 Å². The monoisotopic (exact) mass is 438 g/mol. The van der Waals surface area contributed by atoms with Gasteiger partial charge in [-0.2, -0.15) is 0 Å². The number of alkyl halides is 2. The molecule has 32 heavy (non-hydrogen) atoms. The number of piperidine rings is 1. The molecule has 10 heteroatoms. The molecule has 1 aliphatic rings. The van der Waals surface area contributed by atoms with E-state index in [0.717, 1.165) is 36.2 Å². The number of hydrogen-bond acceptors (Lipinski definition) is 6. The third kappa shape index (κ3) is 3.65. The highest BCUT2D eigenvalue weighted by Gasteiger charge is 2.20. The zero-order valence-corrected chi connectivity index (χ0v) is 18.0. The van der Waals surface area contributed by atoms with Crippen LogP contribution in [0.15, 0.2) is 42.9 Å². The number of likely N-dealkylation sites (tertiary alicyclic amines) is 1. The van der Waals surface area contributed by atoms with Crippen LogP contribution < -0.4 is 5.32 Å². The molecule has 1 fully saturated rings. The molecule has 0 aliphatic carbocycles. The topological polar surface area (TPSA) is 76.2 Å². The fourth-order valence-corrected chi connectivity index (χ4v) is 4.19. The van der Waals surface area contributed by atoms with Crippen LogP contribution >= 0.6 is 0 Å². The van der Waals surface area contributed by atoms with Crippen LogP contribution in [0.4, 0.5) is 14.7 Å². The van der Waals surface area contributed by atoms with Crippen molar-refractivity contribution in [1.82, 2.24) is 34.0 Å². The Kier molecular flexibility index (Phi) is 4.99. The van der Waals surface area contributed by atoms with Crippen LogP contribution in [0.1, 0.15) is 18.7 Å². The first-order chi connectivity index (χ1) is 15.4. The maximum atomic E-state index is 13.0. The lowest BCUT2D eigenvalue weighted by Crippen LogP contribution is -2.38. The zero-order valence-electron chi connectivity index (χ0n) is 18.0. The Morgan fingerprint density at radius 2 is 2.09 bits per heavy atom. The van der Waals surface area contributed by atoms with Crippen LogP contribution in [0.25, 0.3) is 27.9 Å². The van der Waals surface area contributed by atoms with Gasteiger partial charge in [-0.15, -0.1) is 5.10 Å². The summed E-state index contributed by atoms with van der Waals surface area (Å²) in [6.45, 7) is 6.19. The Morgan fingerprint density at radius 3 is 2.88 bits per heavy atom. The van der Waals surface area contributed by atoms with Crippen molar-refractivity contribution in [2.24, 2.45) is 0 Å². The zero-order chi connectivity index (χ0) is 22.4. The van der Waals surface area contributed by atoms with E-state index in [1.54, 1.807) is 23.7 Å². The molecule has 4 aromatic rings. The molecule has 0 aromatic carbocycles. The van der Waals surface area contributed by atoms with E-state index in [2.05, 4.69) is 36.8 Å². The van der Waals surface area contributed by atoms with E-state index >= 15 is 0 Å². The third-order valence-corrected chi connectivity index (χ3v) is 5.95. The van der Waals surface area contributed by atoms with E-state index in [-0.39, 0.29) is 6.04 Å². The summed E-state index contributed by atoms with van der Waals surface area (Å²) in [6.07, 6.45) is 3.05. The van der Waals surface area contributed by atoms with E-state index < -0.39 is 13.0 Å². The number of halogens is 2. The van der Waals surface area contributed by atoms with Gasteiger partial charge < -0.3 is 14.8 Å². The molecule has 1 unspecified atom stereocenters. The maximum absolute atomic E-state index is 13.0. The lowest BCUT2D eigenvalue weighted by atomic mass is 10.0. The SMILES string of the molecule is C=C1CCC(Nc2ncc3c(-c4ccc5nc(C)n(CC(F)F)c5n4)ccn3n2)CN1C. The number of hydrogen-bond donors (Lipinski definition) is 1. The highest BCUT2D eigenvalue weighted by molar-refractivity contribution is 5.82. The second-order valence-corrected chi connectivity index (χ2v) is 8.17. The number of rotatable bonds is 5. The first-order valence-electron chi connectivity index (χ1n) is 10.5. The van der Waals surface area contributed by atoms with Crippen LogP contribution in [-0.2, 0) is 6.54 Å². The minimum absolute atomic E-state index is 0.250. The number of aryl methyl sites for hydroxylation is 1. The van der Waals surface area contributed by atoms with Gasteiger partial charge in [0.25, 0.3) is 6.43 Å². The van der Waals surface area contributed by atoms with Gasteiger partial charge in [0.15, 0.2) is 5.65 Å². The van der Waals surface area contributed by atoms with E-state index in [1.807, 2.05) is 25.4 Å². The lowest BCUT2D eigenvalue weighted by Gasteiger charge is -2.33. The van der Waals surface area contributed by atoms with Crippen molar-refractivity contribution in [1.29, 1.82) is 0 Å². The Labute approximate surface area is 183 Å². The molecule has 1 atom stereocenters. The number of likely N-dealkylation sites (N-methyl/N-ethyl adjacent to an activating group) is 1. The molecule has 5 heterocycles.